The summed E-state index contributed by atoms with van der Waals surface area (Å²) in [5.74, 6) is -1.26. The average Bonchev–Trinajstić information content (AvgIpc) is 3.19. The van der Waals surface area contributed by atoms with Crippen molar-refractivity contribution in [3.8, 4) is 11.3 Å². The molecule has 8 heteroatoms. The molecule has 0 spiro atoms. The quantitative estimate of drug-likeness (QED) is 0.782. The van der Waals surface area contributed by atoms with Crippen LogP contribution in [-0.4, -0.2) is 48.1 Å². The first-order chi connectivity index (χ1) is 14.1. The van der Waals surface area contributed by atoms with Gasteiger partial charge in [-0.3, -0.25) is 9.69 Å². The minimum absolute atomic E-state index is 0.0389. The standard InChI is InChI=1S/C21H25F2N3O2S/c22-16-5-4-15(11-17(16)23)18-13-29-21(24-18)25-20(27)19-3-1-2-8-26(19)12-14-6-9-28-10-7-14/h4-5,11,13-14,19H,1-3,6-10,12H2,(H,24,25,27). The van der Waals surface area contributed by atoms with E-state index in [9.17, 15) is 13.6 Å². The number of nitrogens with zero attached hydrogens (tertiary/aromatic N) is 2. The zero-order valence-electron chi connectivity index (χ0n) is 16.2. The lowest BCUT2D eigenvalue weighted by Gasteiger charge is -2.37. The number of thiazole rings is 1. The summed E-state index contributed by atoms with van der Waals surface area (Å²) in [4.78, 5) is 19.6. The van der Waals surface area contributed by atoms with Crippen LogP contribution in [0.25, 0.3) is 11.3 Å². The molecule has 2 aromatic rings. The van der Waals surface area contributed by atoms with E-state index in [0.717, 1.165) is 70.5 Å². The van der Waals surface area contributed by atoms with Crippen LogP contribution in [-0.2, 0) is 9.53 Å². The Morgan fingerprint density at radius 1 is 1.21 bits per heavy atom. The van der Waals surface area contributed by atoms with E-state index in [-0.39, 0.29) is 11.9 Å². The molecule has 2 saturated heterocycles. The fourth-order valence-electron chi connectivity index (χ4n) is 4.07. The Morgan fingerprint density at radius 2 is 2.03 bits per heavy atom. The van der Waals surface area contributed by atoms with Crippen LogP contribution in [0.3, 0.4) is 0 Å². The molecule has 5 nitrogen and oxygen atoms in total. The Balaban J connectivity index is 1.41. The van der Waals surface area contributed by atoms with Crippen molar-refractivity contribution in [3.05, 3.63) is 35.2 Å². The van der Waals surface area contributed by atoms with Crippen molar-refractivity contribution in [1.29, 1.82) is 0 Å². The van der Waals surface area contributed by atoms with Gasteiger partial charge in [0.15, 0.2) is 16.8 Å². The van der Waals surface area contributed by atoms with Crippen molar-refractivity contribution < 1.29 is 18.3 Å². The second-order valence-corrected chi connectivity index (χ2v) is 8.58. The Kier molecular flexibility index (Phi) is 6.52. The number of likely N-dealkylation sites (tertiary alicyclic amines) is 1. The largest absolute Gasteiger partial charge is 0.381 e. The van der Waals surface area contributed by atoms with E-state index < -0.39 is 11.6 Å². The zero-order valence-corrected chi connectivity index (χ0v) is 17.0. The van der Waals surface area contributed by atoms with Crippen LogP contribution in [0.1, 0.15) is 32.1 Å². The monoisotopic (exact) mass is 421 g/mol. The number of benzene rings is 1. The van der Waals surface area contributed by atoms with E-state index in [1.54, 1.807) is 5.38 Å². The number of rotatable bonds is 5. The number of piperidine rings is 1. The average molecular weight is 422 g/mol. The summed E-state index contributed by atoms with van der Waals surface area (Å²) in [5, 5.41) is 5.15. The van der Waals surface area contributed by atoms with Gasteiger partial charge in [-0.1, -0.05) is 6.42 Å². The number of nitrogens with one attached hydrogen (secondary N) is 1. The molecule has 1 atom stereocenters. The summed E-state index contributed by atoms with van der Waals surface area (Å²) in [5.41, 5.74) is 1.01. The molecule has 2 aliphatic heterocycles. The van der Waals surface area contributed by atoms with Gasteiger partial charge in [0.1, 0.15) is 0 Å². The van der Waals surface area contributed by atoms with Crippen molar-refractivity contribution in [1.82, 2.24) is 9.88 Å². The number of ether oxygens (including phenoxy) is 1. The van der Waals surface area contributed by atoms with Crippen LogP contribution in [0.4, 0.5) is 13.9 Å². The van der Waals surface area contributed by atoms with Gasteiger partial charge in [0.05, 0.1) is 11.7 Å². The first-order valence-electron chi connectivity index (χ1n) is 10.1. The highest BCUT2D eigenvalue weighted by atomic mass is 32.1. The highest BCUT2D eigenvalue weighted by Crippen LogP contribution is 2.28. The molecule has 0 saturated carbocycles. The van der Waals surface area contributed by atoms with Gasteiger partial charge < -0.3 is 10.1 Å². The molecule has 3 heterocycles. The highest BCUT2D eigenvalue weighted by Gasteiger charge is 2.31. The normalized spacial score (nSPS) is 21.2. The van der Waals surface area contributed by atoms with Gasteiger partial charge in [-0.2, -0.15) is 0 Å². The summed E-state index contributed by atoms with van der Waals surface area (Å²) in [6.07, 6.45) is 5.10. The minimum atomic E-state index is -0.910. The molecule has 156 valence electrons. The Labute approximate surface area is 173 Å². The number of hydrogen-bond donors (Lipinski definition) is 1. The molecule has 1 aromatic carbocycles. The third-order valence-corrected chi connectivity index (χ3v) is 6.46. The number of amides is 1. The molecule has 1 N–H and O–H groups in total. The van der Waals surface area contributed by atoms with Crippen LogP contribution < -0.4 is 5.32 Å². The maximum absolute atomic E-state index is 13.5. The SMILES string of the molecule is O=C(Nc1nc(-c2ccc(F)c(F)c2)cs1)C1CCCCN1CC1CCOCC1. The molecule has 29 heavy (non-hydrogen) atoms. The van der Waals surface area contributed by atoms with Crippen molar-refractivity contribution in [2.24, 2.45) is 5.92 Å². The van der Waals surface area contributed by atoms with Gasteiger partial charge in [0.25, 0.3) is 0 Å². The molecular weight excluding hydrogens is 396 g/mol. The number of carbonyl (C=O) groups is 1. The van der Waals surface area contributed by atoms with E-state index in [1.165, 1.54) is 17.4 Å². The second kappa shape index (κ2) is 9.28. The van der Waals surface area contributed by atoms with Gasteiger partial charge in [0, 0.05) is 30.7 Å². The molecular formula is C21H25F2N3O2S. The molecule has 0 aliphatic carbocycles. The van der Waals surface area contributed by atoms with E-state index in [0.29, 0.717) is 22.3 Å². The number of carbonyl (C=O) groups excluding carboxylic acids is 1. The van der Waals surface area contributed by atoms with E-state index in [1.807, 2.05) is 0 Å². The van der Waals surface area contributed by atoms with Gasteiger partial charge in [-0.05, 0) is 56.3 Å². The lowest BCUT2D eigenvalue weighted by molar-refractivity contribution is -0.122. The fourth-order valence-corrected chi connectivity index (χ4v) is 4.80. The van der Waals surface area contributed by atoms with Gasteiger partial charge >= 0.3 is 0 Å². The Morgan fingerprint density at radius 3 is 2.83 bits per heavy atom. The molecule has 2 fully saturated rings. The predicted octanol–water partition coefficient (Wildman–Crippen LogP) is 4.31. The van der Waals surface area contributed by atoms with Crippen LogP contribution in [0.15, 0.2) is 23.6 Å². The second-order valence-electron chi connectivity index (χ2n) is 7.72. The first kappa shape index (κ1) is 20.4. The van der Waals surface area contributed by atoms with Crippen molar-refractivity contribution in [3.63, 3.8) is 0 Å². The number of halogens is 2. The minimum Gasteiger partial charge on any atom is -0.381 e. The van der Waals surface area contributed by atoms with Gasteiger partial charge in [-0.15, -0.1) is 11.3 Å². The molecule has 2 aliphatic rings. The third-order valence-electron chi connectivity index (χ3n) is 5.70. The lowest BCUT2D eigenvalue weighted by Crippen LogP contribution is -2.49. The molecule has 4 rings (SSSR count). The van der Waals surface area contributed by atoms with Gasteiger partial charge in [-0.25, -0.2) is 13.8 Å². The Hall–Kier alpha value is -1.90. The van der Waals surface area contributed by atoms with Crippen LogP contribution in [0, 0.1) is 17.6 Å². The molecule has 0 bridgehead atoms. The highest BCUT2D eigenvalue weighted by molar-refractivity contribution is 7.14. The maximum Gasteiger partial charge on any atom is 0.243 e. The van der Waals surface area contributed by atoms with Crippen LogP contribution in [0.2, 0.25) is 0 Å². The van der Waals surface area contributed by atoms with Crippen molar-refractivity contribution >= 4 is 22.4 Å². The first-order valence-corrected chi connectivity index (χ1v) is 11.0. The summed E-state index contributed by atoms with van der Waals surface area (Å²) in [6.45, 7) is 3.48. The molecule has 1 aromatic heterocycles. The summed E-state index contributed by atoms with van der Waals surface area (Å²) in [7, 11) is 0. The lowest BCUT2D eigenvalue weighted by atomic mass is 9.95. The molecule has 0 radical (unpaired) electrons. The molecule has 1 unspecified atom stereocenters. The number of aromatic nitrogens is 1. The molecule has 1 amide bonds. The van der Waals surface area contributed by atoms with E-state index in [4.69, 9.17) is 4.74 Å². The Bertz CT molecular complexity index is 854. The number of hydrogen-bond acceptors (Lipinski definition) is 5. The van der Waals surface area contributed by atoms with Crippen molar-refractivity contribution in [2.45, 2.75) is 38.1 Å². The van der Waals surface area contributed by atoms with E-state index in [2.05, 4.69) is 15.2 Å². The third kappa shape index (κ3) is 4.99. The predicted molar refractivity (Wildman–Crippen MR) is 109 cm³/mol. The van der Waals surface area contributed by atoms with Gasteiger partial charge in [0.2, 0.25) is 5.91 Å². The summed E-state index contributed by atoms with van der Waals surface area (Å²) >= 11 is 1.29. The van der Waals surface area contributed by atoms with Crippen molar-refractivity contribution in [2.75, 3.05) is 31.6 Å². The summed E-state index contributed by atoms with van der Waals surface area (Å²) < 4.78 is 32.1. The number of anilines is 1. The smallest absolute Gasteiger partial charge is 0.243 e. The summed E-state index contributed by atoms with van der Waals surface area (Å²) in [6, 6.07) is 3.53. The van der Waals surface area contributed by atoms with Crippen LogP contribution in [0.5, 0.6) is 0 Å². The maximum atomic E-state index is 13.5. The van der Waals surface area contributed by atoms with Crippen LogP contribution >= 0.6 is 11.3 Å². The topological polar surface area (TPSA) is 54.5 Å². The fraction of sp³-hybridized carbons (Fsp3) is 0.524. The zero-order chi connectivity index (χ0) is 20.2. The van der Waals surface area contributed by atoms with E-state index >= 15 is 0 Å².